The topological polar surface area (TPSA) is 88.5 Å². The van der Waals surface area contributed by atoms with Crippen LogP contribution < -0.4 is 5.23 Å². The highest BCUT2D eigenvalue weighted by molar-refractivity contribution is 5.95. The summed E-state index contributed by atoms with van der Waals surface area (Å²) in [6, 6.07) is 16.0. The van der Waals surface area contributed by atoms with Gasteiger partial charge in [-0.2, -0.15) is 4.89 Å². The van der Waals surface area contributed by atoms with Gasteiger partial charge in [0.25, 0.3) is 5.91 Å². The molecule has 1 amide bonds. The maximum absolute atomic E-state index is 12.9. The number of amides is 1. The van der Waals surface area contributed by atoms with Crippen molar-refractivity contribution in [3.05, 3.63) is 65.7 Å². The normalized spacial score (nSPS) is 21.2. The minimum absolute atomic E-state index is 0.128. The lowest BCUT2D eigenvalue weighted by atomic mass is 9.73. The van der Waals surface area contributed by atoms with Gasteiger partial charge in [-0.1, -0.05) is 40.5 Å². The Hall–Kier alpha value is -2.94. The lowest BCUT2D eigenvalue weighted by molar-refractivity contribution is -0.280. The van der Waals surface area contributed by atoms with Gasteiger partial charge in [0.1, 0.15) is 0 Å². The summed E-state index contributed by atoms with van der Waals surface area (Å²) in [5.74, 6) is -0.973. The van der Waals surface area contributed by atoms with Crippen LogP contribution in [0, 0.1) is 0 Å². The molecule has 0 aromatic heterocycles. The molecule has 2 aliphatic rings. The van der Waals surface area contributed by atoms with Gasteiger partial charge in [-0.25, -0.2) is 4.84 Å². The molecule has 0 bridgehead atoms. The van der Waals surface area contributed by atoms with Crippen molar-refractivity contribution in [1.29, 1.82) is 0 Å². The van der Waals surface area contributed by atoms with Gasteiger partial charge in [0.15, 0.2) is 0 Å². The molecule has 0 saturated carbocycles. The quantitative estimate of drug-likeness (QED) is 0.792. The van der Waals surface area contributed by atoms with E-state index in [1.807, 2.05) is 30.3 Å². The monoisotopic (exact) mass is 398 g/mol. The number of carboxylic acids is 1. The molecule has 2 aromatic rings. The van der Waals surface area contributed by atoms with Crippen molar-refractivity contribution in [2.24, 2.45) is 0 Å². The van der Waals surface area contributed by atoms with Gasteiger partial charge in [-0.3, -0.25) is 9.59 Å². The molecular weight excluding hydrogens is 376 g/mol. The molecule has 2 aromatic carbocycles. The summed E-state index contributed by atoms with van der Waals surface area (Å²) in [5, 5.41) is 11.0. The second-order valence-corrected chi connectivity index (χ2v) is 7.19. The Morgan fingerprint density at radius 1 is 1.03 bits per heavy atom. The van der Waals surface area contributed by atoms with Crippen molar-refractivity contribution in [3.63, 3.8) is 0 Å². The maximum Gasteiger partial charge on any atom is 0.314 e. The van der Waals surface area contributed by atoms with Crippen molar-refractivity contribution >= 4 is 17.6 Å². The standard InChI is InChI=1S/C21H22N2O6/c1-15-27-23(29-28-15)18-9-7-16(8-10-18)19(24)22-13-11-21(12-14-22,20(25)26)17-5-3-2-4-6-17/h2-10,15H,11-14H2,1H3,(H,25,26). The smallest absolute Gasteiger partial charge is 0.314 e. The predicted octanol–water partition coefficient (Wildman–Crippen LogP) is 2.91. The van der Waals surface area contributed by atoms with Crippen LogP contribution in [0.3, 0.4) is 0 Å². The third kappa shape index (κ3) is 3.69. The van der Waals surface area contributed by atoms with E-state index in [9.17, 15) is 14.7 Å². The Morgan fingerprint density at radius 2 is 1.69 bits per heavy atom. The first kappa shape index (κ1) is 19.4. The van der Waals surface area contributed by atoms with E-state index >= 15 is 0 Å². The van der Waals surface area contributed by atoms with Crippen LogP contribution in [0.25, 0.3) is 0 Å². The molecule has 1 atom stereocenters. The van der Waals surface area contributed by atoms with Crippen molar-refractivity contribution in [2.45, 2.75) is 31.5 Å². The number of aliphatic carboxylic acids is 1. The summed E-state index contributed by atoms with van der Waals surface area (Å²) in [6.07, 6.45) is 0.241. The zero-order valence-electron chi connectivity index (χ0n) is 16.0. The van der Waals surface area contributed by atoms with E-state index in [2.05, 4.69) is 0 Å². The van der Waals surface area contributed by atoms with Crippen LogP contribution in [0.2, 0.25) is 0 Å². The Balaban J connectivity index is 1.44. The van der Waals surface area contributed by atoms with E-state index in [0.29, 0.717) is 37.2 Å². The minimum Gasteiger partial charge on any atom is -0.481 e. The summed E-state index contributed by atoms with van der Waals surface area (Å²) in [7, 11) is 0. The molecule has 2 saturated heterocycles. The highest BCUT2D eigenvalue weighted by atomic mass is 17.4. The summed E-state index contributed by atoms with van der Waals surface area (Å²) >= 11 is 0. The first-order valence-corrected chi connectivity index (χ1v) is 9.48. The summed E-state index contributed by atoms with van der Waals surface area (Å²) in [4.78, 5) is 41.7. The van der Waals surface area contributed by atoms with Crippen LogP contribution in [0.1, 0.15) is 35.7 Å². The lowest BCUT2D eigenvalue weighted by Gasteiger charge is -2.39. The number of hydrogen-bond acceptors (Lipinski definition) is 6. The molecule has 29 heavy (non-hydrogen) atoms. The lowest BCUT2D eigenvalue weighted by Crippen LogP contribution is -2.49. The zero-order valence-corrected chi connectivity index (χ0v) is 16.0. The average Bonchev–Trinajstić information content (AvgIpc) is 3.20. The number of hydrogen-bond donors (Lipinski definition) is 1. The van der Waals surface area contributed by atoms with E-state index in [1.165, 1.54) is 0 Å². The van der Waals surface area contributed by atoms with Gasteiger partial charge >= 0.3 is 5.97 Å². The maximum atomic E-state index is 12.9. The van der Waals surface area contributed by atoms with E-state index in [-0.39, 0.29) is 5.91 Å². The van der Waals surface area contributed by atoms with Gasteiger partial charge in [-0.05, 0) is 49.6 Å². The molecule has 0 aliphatic carbocycles. The van der Waals surface area contributed by atoms with Crippen LogP contribution >= 0.6 is 0 Å². The largest absolute Gasteiger partial charge is 0.481 e. The van der Waals surface area contributed by atoms with Crippen molar-refractivity contribution in [3.8, 4) is 0 Å². The third-order valence-corrected chi connectivity index (χ3v) is 5.46. The van der Waals surface area contributed by atoms with Crippen LogP contribution in [0.4, 0.5) is 5.69 Å². The van der Waals surface area contributed by atoms with Gasteiger partial charge in [-0.15, -0.1) is 0 Å². The summed E-state index contributed by atoms with van der Waals surface area (Å²) in [6.45, 7) is 2.46. The number of likely N-dealkylation sites (tertiary alicyclic amines) is 1. The SMILES string of the molecule is CC1OON(c2ccc(C(=O)N3CCC(C(=O)O)(c4ccccc4)CC3)cc2)O1. The van der Waals surface area contributed by atoms with Gasteiger partial charge in [0.2, 0.25) is 6.29 Å². The number of nitrogens with zero attached hydrogens (tertiary/aromatic N) is 2. The van der Waals surface area contributed by atoms with Crippen LogP contribution in [-0.4, -0.2) is 41.3 Å². The Morgan fingerprint density at radius 3 is 2.24 bits per heavy atom. The average molecular weight is 398 g/mol. The van der Waals surface area contributed by atoms with Crippen LogP contribution in [0.5, 0.6) is 0 Å². The molecule has 0 radical (unpaired) electrons. The number of anilines is 1. The van der Waals surface area contributed by atoms with Crippen molar-refractivity contribution in [2.75, 3.05) is 18.3 Å². The second-order valence-electron chi connectivity index (χ2n) is 7.19. The second kappa shape index (κ2) is 7.82. The number of carbonyl (C=O) groups excluding carboxylic acids is 1. The molecular formula is C21H22N2O6. The molecule has 2 aliphatic heterocycles. The minimum atomic E-state index is -0.955. The van der Waals surface area contributed by atoms with Gasteiger partial charge < -0.3 is 10.0 Å². The van der Waals surface area contributed by atoms with E-state index in [0.717, 1.165) is 10.8 Å². The molecule has 8 nitrogen and oxygen atoms in total. The Kier molecular flexibility index (Phi) is 5.23. The fourth-order valence-electron chi connectivity index (χ4n) is 3.76. The molecule has 152 valence electrons. The van der Waals surface area contributed by atoms with Crippen molar-refractivity contribution in [1.82, 2.24) is 4.90 Å². The highest BCUT2D eigenvalue weighted by Crippen LogP contribution is 2.36. The highest BCUT2D eigenvalue weighted by Gasteiger charge is 2.43. The number of benzene rings is 2. The number of rotatable bonds is 4. The van der Waals surface area contributed by atoms with Crippen LogP contribution in [0.15, 0.2) is 54.6 Å². The van der Waals surface area contributed by atoms with E-state index < -0.39 is 17.7 Å². The van der Waals surface area contributed by atoms with E-state index in [4.69, 9.17) is 14.7 Å². The first-order valence-electron chi connectivity index (χ1n) is 9.48. The molecule has 4 rings (SSSR count). The predicted molar refractivity (Wildman–Crippen MR) is 103 cm³/mol. The number of carbonyl (C=O) groups is 2. The Labute approximate surface area is 168 Å². The third-order valence-electron chi connectivity index (χ3n) is 5.46. The summed E-state index contributed by atoms with van der Waals surface area (Å²) in [5.41, 5.74) is 0.942. The van der Waals surface area contributed by atoms with Crippen LogP contribution in [-0.2, 0) is 24.9 Å². The fourth-order valence-corrected chi connectivity index (χ4v) is 3.76. The number of piperidine rings is 1. The molecule has 1 N–H and O–H groups in total. The molecule has 2 heterocycles. The first-order chi connectivity index (χ1) is 14.0. The molecule has 0 spiro atoms. The van der Waals surface area contributed by atoms with Crippen molar-refractivity contribution < 1.29 is 29.4 Å². The molecule has 2 fully saturated rings. The zero-order chi connectivity index (χ0) is 20.4. The van der Waals surface area contributed by atoms with Gasteiger partial charge in [0, 0.05) is 18.7 Å². The fraction of sp³-hybridized carbons (Fsp3) is 0.333. The Bertz CT molecular complexity index is 878. The molecule has 8 heteroatoms. The van der Waals surface area contributed by atoms with E-state index in [1.54, 1.807) is 36.1 Å². The van der Waals surface area contributed by atoms with Gasteiger partial charge in [0.05, 0.1) is 11.1 Å². The number of carboxylic acid groups (broad SMARTS) is 1. The molecule has 1 unspecified atom stereocenters. The summed E-state index contributed by atoms with van der Waals surface area (Å²) < 4.78 is 0.